The topological polar surface area (TPSA) is 326 Å². The zero-order chi connectivity index (χ0) is 85.6. The Kier molecular flexibility index (Phi) is 25.5. The van der Waals surface area contributed by atoms with E-state index in [1.807, 2.05) is 173 Å². The van der Waals surface area contributed by atoms with E-state index in [1.165, 1.54) is 70.8 Å². The lowest BCUT2D eigenvalue weighted by molar-refractivity contribution is -0.122. The molecule has 1 atom stereocenters. The van der Waals surface area contributed by atoms with Gasteiger partial charge in [0.25, 0.3) is 5.91 Å². The molecule has 2 fully saturated rings. The Labute approximate surface area is 721 Å². The monoisotopic (exact) mass is 1750 g/mol. The second kappa shape index (κ2) is 38.2. The largest absolute Gasteiger partial charge is 0.459 e. The molecule has 10 N–H and O–H groups in total. The Bertz CT molecular complexity index is 7120. The highest BCUT2D eigenvalue weighted by molar-refractivity contribution is 7.12. The number of hydrogen-bond donors (Lipinski definition) is 10. The number of nitriles is 1. The van der Waals surface area contributed by atoms with Crippen LogP contribution in [0.2, 0.25) is 0 Å². The normalized spacial score (nSPS) is 13.2. The van der Waals surface area contributed by atoms with Crippen molar-refractivity contribution in [3.8, 4) is 6.07 Å². The number of benzene rings is 7. The first kappa shape index (κ1) is 82.8. The van der Waals surface area contributed by atoms with Crippen LogP contribution >= 0.6 is 56.7 Å². The van der Waals surface area contributed by atoms with Gasteiger partial charge in [-0.05, 0) is 196 Å². The molecule has 18 aromatic rings. The van der Waals surface area contributed by atoms with E-state index >= 15 is 0 Å². The molecule has 2 aliphatic rings. The molecule has 124 heavy (non-hydrogen) atoms. The lowest BCUT2D eigenvalue weighted by Gasteiger charge is -2.11. The van der Waals surface area contributed by atoms with E-state index in [9.17, 15) is 45.9 Å². The summed E-state index contributed by atoms with van der Waals surface area (Å²) in [5.74, 6) is -3.91. The fraction of sp³-hybridized carbons (Fsp3) is 0.0761. The smallest absolute Gasteiger partial charge is 0.291 e. The van der Waals surface area contributed by atoms with Crippen LogP contribution in [0, 0.1) is 46.3 Å². The van der Waals surface area contributed by atoms with Gasteiger partial charge in [0.05, 0.1) is 97.1 Å². The molecule has 0 radical (unpaired) electrons. The summed E-state index contributed by atoms with van der Waals surface area (Å²) in [4.78, 5) is 64.9. The van der Waals surface area contributed by atoms with E-state index in [4.69, 9.17) is 9.68 Å². The number of hydrogen-bond acceptors (Lipinski definition) is 17. The molecular formula is C92H67F5N16O6S5. The van der Waals surface area contributed by atoms with Crippen LogP contribution in [0.3, 0.4) is 0 Å². The van der Waals surface area contributed by atoms with Crippen LogP contribution in [0.5, 0.6) is 0 Å². The highest BCUT2D eigenvalue weighted by Crippen LogP contribution is 2.35. The van der Waals surface area contributed by atoms with Gasteiger partial charge in [0, 0.05) is 94.0 Å². The third-order valence-corrected chi connectivity index (χ3v) is 23.7. The molecule has 20 rings (SSSR count). The SMILES string of the molecule is N#Cc1cc2c(/C=C/c3ccc4ccccc4c3)n[nH]c2cc1F.O=C(Cc1cccs1)Nc1cc2c(/C=C/c3cccs3)n[nH]c2cc1F.O=C(Nc1cc2c(/C=C/c3cccs3)n[nH]c2cc1F)C1CC1.O=C(Nc1cc2c(/C=C/c3cccs3)n[nH]c2cc1F)c1ccco1.O=C1CC[C@@H](C(=O)Nc2cc3c(/C=C/c4cccs4)n[nH]c3cc2F)N1. The molecule has 5 amide bonds. The van der Waals surface area contributed by atoms with Gasteiger partial charge in [0.2, 0.25) is 23.6 Å². The molecule has 7 aromatic carbocycles. The molecule has 32 heteroatoms. The van der Waals surface area contributed by atoms with Gasteiger partial charge in [-0.25, -0.2) is 22.0 Å². The minimum atomic E-state index is -0.625. The van der Waals surface area contributed by atoms with Crippen LogP contribution in [0.1, 0.15) is 100 Å². The van der Waals surface area contributed by atoms with E-state index in [-0.39, 0.29) is 64.1 Å². The number of aromatic amines is 5. The summed E-state index contributed by atoms with van der Waals surface area (Å²) in [5.41, 5.74) is 7.84. The van der Waals surface area contributed by atoms with Gasteiger partial charge in [0.1, 0.15) is 41.2 Å². The fourth-order valence-corrected chi connectivity index (χ4v) is 16.2. The molecule has 0 unspecified atom stereocenters. The van der Waals surface area contributed by atoms with Gasteiger partial charge in [-0.3, -0.25) is 49.5 Å². The van der Waals surface area contributed by atoms with Crippen LogP contribution in [-0.4, -0.2) is 86.6 Å². The maximum atomic E-state index is 14.3. The molecule has 1 saturated heterocycles. The minimum absolute atomic E-state index is 0.0178. The number of halogens is 5. The summed E-state index contributed by atoms with van der Waals surface area (Å²) in [7, 11) is 0. The lowest BCUT2D eigenvalue weighted by Crippen LogP contribution is -2.37. The van der Waals surface area contributed by atoms with Crippen molar-refractivity contribution in [2.75, 3.05) is 21.3 Å². The molecule has 0 spiro atoms. The van der Waals surface area contributed by atoms with Crippen LogP contribution in [-0.2, 0) is 25.6 Å². The standard InChI is InChI=1S/C20H12FN3.C19H14FN3OS2.C18H15FN4O2S.C18H12FN3O2S.C17H14FN3OS/c21-18-11-20-17(10-16(18)12-22)19(23-24-20)8-6-13-5-7-14-3-1-2-4-15(14)9-13;20-15-11-17-14(16(22-23-17)6-5-12-3-1-7-25-12)10-18(15)21-19(24)9-13-4-2-8-26-13;19-12-9-15-11(13(22-23-15)4-3-10-2-1-7-26-10)8-16(12)21-18(25)14-5-6-17(24)20-14;19-13-10-15-12(9-16(13)20-18(23)17-4-1-7-24-17)14(21-22-15)6-5-11-3-2-8-25-11;18-13-9-15-12(8-16(13)19-17(22)10-3-4-10)14(20-21-15)6-5-11-2-1-7-23-11/h1-11H,(H,23,24);1-8,10-11H,9H2,(H,21,24)(H,22,23);1-4,7-9,14H,5-6H2,(H,20,24)(H,21,25)(H,22,23);1-10H,(H,20,23)(H,21,22);1-2,5-10H,3-4H2,(H,19,22)(H,20,21)/b8-6+;6-5+;4-3+;2*6-5+/t;;14-;;/m..0../s1. The zero-order valence-corrected chi connectivity index (χ0v) is 68.8. The maximum absolute atomic E-state index is 14.3. The van der Waals surface area contributed by atoms with Gasteiger partial charge in [0.15, 0.2) is 5.76 Å². The molecular weight excluding hydrogens is 1680 g/mol. The van der Waals surface area contributed by atoms with Crippen molar-refractivity contribution >= 4 is 235 Å². The molecule has 0 bridgehead atoms. The summed E-state index contributed by atoms with van der Waals surface area (Å²) in [6.45, 7) is 0. The zero-order valence-electron chi connectivity index (χ0n) is 64.7. The molecule has 12 heterocycles. The van der Waals surface area contributed by atoms with Crippen molar-refractivity contribution in [3.05, 3.63) is 308 Å². The van der Waals surface area contributed by atoms with Crippen LogP contribution in [0.15, 0.2) is 214 Å². The number of carbonyl (C=O) groups excluding carboxylic acids is 5. The highest BCUT2D eigenvalue weighted by atomic mass is 32.1. The number of amides is 5. The number of rotatable bonds is 19. The van der Waals surface area contributed by atoms with Crippen molar-refractivity contribution in [1.82, 2.24) is 56.3 Å². The van der Waals surface area contributed by atoms with E-state index in [0.717, 1.165) is 64.6 Å². The van der Waals surface area contributed by atoms with Crippen molar-refractivity contribution in [2.45, 2.75) is 38.1 Å². The molecule has 616 valence electrons. The van der Waals surface area contributed by atoms with Crippen molar-refractivity contribution in [2.24, 2.45) is 5.92 Å². The number of aromatic nitrogens is 10. The number of nitrogens with zero attached hydrogens (tertiary/aromatic N) is 6. The molecule has 1 aliphatic heterocycles. The van der Waals surface area contributed by atoms with E-state index < -0.39 is 46.9 Å². The average Bonchev–Trinajstić information content (AvgIpc) is 1.68. The first-order chi connectivity index (χ1) is 60.4. The maximum Gasteiger partial charge on any atom is 0.291 e. The Hall–Kier alpha value is -14.9. The summed E-state index contributed by atoms with van der Waals surface area (Å²) < 4.78 is 75.6. The predicted molar refractivity (Wildman–Crippen MR) is 485 cm³/mol. The summed E-state index contributed by atoms with van der Waals surface area (Å²) in [6.07, 6.45) is 23.1. The Balaban J connectivity index is 0.000000115. The second-order valence-electron chi connectivity index (χ2n) is 28.0. The van der Waals surface area contributed by atoms with E-state index in [2.05, 4.69) is 102 Å². The van der Waals surface area contributed by atoms with Crippen LogP contribution in [0.25, 0.3) is 126 Å². The lowest BCUT2D eigenvalue weighted by atomic mass is 10.1. The molecule has 1 saturated carbocycles. The number of nitrogens with one attached hydrogen (secondary N) is 10. The number of fused-ring (bicyclic) bond motifs is 6. The molecule has 1 aliphatic carbocycles. The number of carbonyl (C=O) groups is 5. The number of H-pyrrole nitrogens is 5. The Morgan fingerprint density at radius 2 is 0.847 bits per heavy atom. The average molecular weight is 1750 g/mol. The van der Waals surface area contributed by atoms with Crippen LogP contribution in [0.4, 0.5) is 44.7 Å². The minimum Gasteiger partial charge on any atom is -0.459 e. The van der Waals surface area contributed by atoms with E-state index in [1.54, 1.807) is 75.7 Å². The molecule has 22 nitrogen and oxygen atoms in total. The Morgan fingerprint density at radius 3 is 1.26 bits per heavy atom. The summed E-state index contributed by atoms with van der Waals surface area (Å²) >= 11 is 7.97. The van der Waals surface area contributed by atoms with Gasteiger partial charge in [-0.1, -0.05) is 72.8 Å². The van der Waals surface area contributed by atoms with Gasteiger partial charge in [-0.2, -0.15) is 30.8 Å². The van der Waals surface area contributed by atoms with Gasteiger partial charge < -0.3 is 31.0 Å². The molecule has 11 aromatic heterocycles. The predicted octanol–water partition coefficient (Wildman–Crippen LogP) is 22.3. The summed E-state index contributed by atoms with van der Waals surface area (Å²) in [5, 5.41) is 73.0. The highest BCUT2D eigenvalue weighted by Gasteiger charge is 2.31. The van der Waals surface area contributed by atoms with Crippen molar-refractivity contribution in [1.29, 1.82) is 5.26 Å². The van der Waals surface area contributed by atoms with Crippen molar-refractivity contribution in [3.63, 3.8) is 0 Å². The quantitative estimate of drug-likeness (QED) is 0.0338. The van der Waals surface area contributed by atoms with Crippen LogP contribution < -0.4 is 26.6 Å². The third-order valence-electron chi connectivity index (χ3n) is 19.5. The van der Waals surface area contributed by atoms with Gasteiger partial charge in [-0.15, -0.1) is 56.7 Å². The van der Waals surface area contributed by atoms with Gasteiger partial charge >= 0.3 is 0 Å². The number of furan rings is 1. The second-order valence-corrected chi connectivity index (χ2v) is 33.0. The first-order valence-corrected chi connectivity index (χ1v) is 42.7. The first-order valence-electron chi connectivity index (χ1n) is 38.3. The number of thiophene rings is 5. The third kappa shape index (κ3) is 20.4. The summed E-state index contributed by atoms with van der Waals surface area (Å²) in [6, 6.07) is 52.9. The number of anilines is 4. The van der Waals surface area contributed by atoms with Crippen molar-refractivity contribution < 1.29 is 50.3 Å². The van der Waals surface area contributed by atoms with E-state index in [0.29, 0.717) is 74.0 Å². The Morgan fingerprint density at radius 1 is 0.427 bits per heavy atom. The fourth-order valence-electron chi connectivity index (χ4n) is 13.0.